The molecule has 0 aliphatic carbocycles. The topological polar surface area (TPSA) is 49.8 Å². The first kappa shape index (κ1) is 18.9. The summed E-state index contributed by atoms with van der Waals surface area (Å²) in [5.74, 6) is 1.44. The number of ether oxygens (including phenoxy) is 1. The Hall–Kier alpha value is -1.17. The number of rotatable bonds is 11. The van der Waals surface area contributed by atoms with Crippen molar-refractivity contribution in [1.82, 2.24) is 4.90 Å². The van der Waals surface area contributed by atoms with Crippen molar-refractivity contribution >= 4 is 10.8 Å². The Morgan fingerprint density at radius 1 is 1.32 bits per heavy atom. The molecule has 1 N–H and O–H groups in total. The number of unbranched alkanes of at least 4 members (excludes halogenated alkanes) is 1. The van der Waals surface area contributed by atoms with Gasteiger partial charge in [0, 0.05) is 23.1 Å². The third-order valence-electron chi connectivity index (χ3n) is 3.33. The Balaban J connectivity index is 2.32. The summed E-state index contributed by atoms with van der Waals surface area (Å²) >= 11 is 0. The Bertz CT molecular complexity index is 459. The van der Waals surface area contributed by atoms with Crippen LogP contribution in [-0.4, -0.2) is 47.2 Å². The number of benzene rings is 1. The van der Waals surface area contributed by atoms with Gasteiger partial charge in [-0.2, -0.15) is 0 Å². The van der Waals surface area contributed by atoms with Crippen molar-refractivity contribution < 1.29 is 14.1 Å². The van der Waals surface area contributed by atoms with Crippen LogP contribution in [0.25, 0.3) is 0 Å². The summed E-state index contributed by atoms with van der Waals surface area (Å²) in [5, 5.41) is 11.6. The fourth-order valence-electron chi connectivity index (χ4n) is 1.96. The summed E-state index contributed by atoms with van der Waals surface area (Å²) in [4.78, 5) is 2.07. The zero-order valence-electron chi connectivity index (χ0n) is 13.5. The summed E-state index contributed by atoms with van der Waals surface area (Å²) in [6, 6.07) is 7.58. The van der Waals surface area contributed by atoms with Crippen LogP contribution in [0.3, 0.4) is 0 Å². The molecule has 0 saturated carbocycles. The van der Waals surface area contributed by atoms with Crippen LogP contribution in [0.5, 0.6) is 5.75 Å². The fourth-order valence-corrected chi connectivity index (χ4v) is 2.62. The van der Waals surface area contributed by atoms with Gasteiger partial charge in [0.2, 0.25) is 0 Å². The molecule has 0 radical (unpaired) electrons. The standard InChI is InChI=1S/C17H27NO3S/c1-4-22(20)14-6-5-7-17(19)15-8-10-16(11-9-15)21-13-12-18(2)3/h4,8-11,17,19H,1,5-7,12-14H2,2-3H3. The highest BCUT2D eigenvalue weighted by Gasteiger charge is 2.08. The van der Waals surface area contributed by atoms with E-state index in [1.54, 1.807) is 0 Å². The van der Waals surface area contributed by atoms with Crippen LogP contribution in [0.1, 0.15) is 30.9 Å². The van der Waals surface area contributed by atoms with E-state index in [0.29, 0.717) is 18.8 Å². The predicted molar refractivity (Wildman–Crippen MR) is 92.5 cm³/mol. The number of aliphatic hydroxyl groups is 1. The predicted octanol–water partition coefficient (Wildman–Crippen LogP) is 2.72. The molecule has 22 heavy (non-hydrogen) atoms. The van der Waals surface area contributed by atoms with Gasteiger partial charge in [-0.15, -0.1) is 0 Å². The summed E-state index contributed by atoms with van der Waals surface area (Å²) in [6.45, 7) is 5.02. The molecule has 0 aliphatic rings. The normalized spacial score (nSPS) is 13.8. The maximum Gasteiger partial charge on any atom is 0.119 e. The van der Waals surface area contributed by atoms with Gasteiger partial charge >= 0.3 is 0 Å². The number of likely N-dealkylation sites (N-methyl/N-ethyl adjacent to an activating group) is 1. The van der Waals surface area contributed by atoms with Gasteiger partial charge in [-0.3, -0.25) is 4.21 Å². The Labute approximate surface area is 136 Å². The van der Waals surface area contributed by atoms with Gasteiger partial charge in [-0.1, -0.05) is 18.7 Å². The van der Waals surface area contributed by atoms with Crippen molar-refractivity contribution in [3.05, 3.63) is 41.8 Å². The smallest absolute Gasteiger partial charge is 0.119 e. The second kappa shape index (κ2) is 10.5. The van der Waals surface area contributed by atoms with Crippen molar-refractivity contribution in [1.29, 1.82) is 0 Å². The molecule has 2 atom stereocenters. The highest BCUT2D eigenvalue weighted by atomic mass is 32.2. The van der Waals surface area contributed by atoms with Crippen LogP contribution < -0.4 is 4.74 Å². The molecule has 0 amide bonds. The van der Waals surface area contributed by atoms with Crippen LogP contribution >= 0.6 is 0 Å². The Kier molecular flexibility index (Phi) is 9.04. The SMILES string of the molecule is C=CS(=O)CCCCC(O)c1ccc(OCCN(C)C)cc1. The highest BCUT2D eigenvalue weighted by molar-refractivity contribution is 7.87. The molecule has 1 aromatic rings. The van der Waals surface area contributed by atoms with Gasteiger partial charge in [-0.25, -0.2) is 0 Å². The molecular weight excluding hydrogens is 298 g/mol. The maximum absolute atomic E-state index is 11.2. The van der Waals surface area contributed by atoms with Crippen LogP contribution in [-0.2, 0) is 10.8 Å². The molecular formula is C17H27NO3S. The molecule has 0 fully saturated rings. The molecule has 0 aliphatic heterocycles. The largest absolute Gasteiger partial charge is 0.492 e. The summed E-state index contributed by atoms with van der Waals surface area (Å²) in [7, 11) is 3.08. The van der Waals surface area contributed by atoms with Crippen LogP contribution in [0, 0.1) is 0 Å². The summed E-state index contributed by atoms with van der Waals surface area (Å²) < 4.78 is 16.8. The molecule has 4 nitrogen and oxygen atoms in total. The summed E-state index contributed by atoms with van der Waals surface area (Å²) in [6.07, 6.45) is 1.88. The molecule has 0 bridgehead atoms. The minimum absolute atomic E-state index is 0.479. The third kappa shape index (κ3) is 7.73. The fraction of sp³-hybridized carbons (Fsp3) is 0.529. The first-order valence-electron chi connectivity index (χ1n) is 7.58. The van der Waals surface area contributed by atoms with E-state index in [9.17, 15) is 9.32 Å². The third-order valence-corrected chi connectivity index (χ3v) is 4.39. The number of hydrogen-bond acceptors (Lipinski definition) is 4. The molecule has 0 spiro atoms. The summed E-state index contributed by atoms with van der Waals surface area (Å²) in [5.41, 5.74) is 0.893. The van der Waals surface area contributed by atoms with Gasteiger partial charge in [0.15, 0.2) is 0 Å². The van der Waals surface area contributed by atoms with E-state index in [-0.39, 0.29) is 0 Å². The molecule has 0 aromatic heterocycles. The van der Waals surface area contributed by atoms with Crippen LogP contribution in [0.4, 0.5) is 0 Å². The van der Waals surface area contributed by atoms with E-state index >= 15 is 0 Å². The van der Waals surface area contributed by atoms with Crippen molar-refractivity contribution in [2.45, 2.75) is 25.4 Å². The molecule has 124 valence electrons. The molecule has 2 unspecified atom stereocenters. The van der Waals surface area contributed by atoms with Crippen molar-refractivity contribution in [3.63, 3.8) is 0 Å². The van der Waals surface area contributed by atoms with Gasteiger partial charge in [0.1, 0.15) is 12.4 Å². The minimum atomic E-state index is -0.934. The lowest BCUT2D eigenvalue weighted by atomic mass is 10.0. The molecule has 5 heteroatoms. The zero-order valence-corrected chi connectivity index (χ0v) is 14.3. The Morgan fingerprint density at radius 2 is 2.00 bits per heavy atom. The van der Waals surface area contributed by atoms with Crippen molar-refractivity contribution in [2.75, 3.05) is 33.0 Å². The van der Waals surface area contributed by atoms with Gasteiger partial charge in [0.25, 0.3) is 0 Å². The second-order valence-corrected chi connectivity index (χ2v) is 6.99. The van der Waals surface area contributed by atoms with Crippen LogP contribution in [0.2, 0.25) is 0 Å². The van der Waals surface area contributed by atoms with E-state index in [2.05, 4.69) is 11.5 Å². The van der Waals surface area contributed by atoms with E-state index in [1.807, 2.05) is 38.4 Å². The van der Waals surface area contributed by atoms with E-state index in [4.69, 9.17) is 4.74 Å². The maximum atomic E-state index is 11.2. The van der Waals surface area contributed by atoms with Crippen LogP contribution in [0.15, 0.2) is 36.3 Å². The number of hydrogen-bond donors (Lipinski definition) is 1. The first-order chi connectivity index (χ1) is 10.5. The number of aliphatic hydroxyl groups excluding tert-OH is 1. The quantitative estimate of drug-likeness (QED) is 0.636. The van der Waals surface area contributed by atoms with Gasteiger partial charge in [-0.05, 0) is 56.5 Å². The highest BCUT2D eigenvalue weighted by Crippen LogP contribution is 2.22. The van der Waals surface area contributed by atoms with E-state index < -0.39 is 16.9 Å². The van der Waals surface area contributed by atoms with E-state index in [0.717, 1.165) is 30.7 Å². The molecule has 1 rings (SSSR count). The molecule has 0 saturated heterocycles. The average Bonchev–Trinajstić information content (AvgIpc) is 2.51. The molecule has 0 heterocycles. The zero-order chi connectivity index (χ0) is 16.4. The lowest BCUT2D eigenvalue weighted by Crippen LogP contribution is -2.19. The first-order valence-corrected chi connectivity index (χ1v) is 8.96. The lowest BCUT2D eigenvalue weighted by Gasteiger charge is -2.13. The van der Waals surface area contributed by atoms with Gasteiger partial charge < -0.3 is 14.7 Å². The average molecular weight is 325 g/mol. The second-order valence-electron chi connectivity index (χ2n) is 5.48. The van der Waals surface area contributed by atoms with Crippen molar-refractivity contribution in [3.8, 4) is 5.75 Å². The molecule has 1 aromatic carbocycles. The van der Waals surface area contributed by atoms with E-state index in [1.165, 1.54) is 5.41 Å². The van der Waals surface area contributed by atoms with Crippen molar-refractivity contribution in [2.24, 2.45) is 0 Å². The lowest BCUT2D eigenvalue weighted by molar-refractivity contribution is 0.164. The Morgan fingerprint density at radius 3 is 2.59 bits per heavy atom. The monoisotopic (exact) mass is 325 g/mol. The van der Waals surface area contributed by atoms with Gasteiger partial charge in [0.05, 0.1) is 6.10 Å². The minimum Gasteiger partial charge on any atom is -0.492 e. The number of nitrogens with zero attached hydrogens (tertiary/aromatic N) is 1.